The van der Waals surface area contributed by atoms with Crippen LogP contribution in [0.2, 0.25) is 0 Å². The molecule has 2 nitrogen and oxygen atoms in total. The topological polar surface area (TPSA) is 15.3 Å². The molecule has 0 radical (unpaired) electrons. The molecule has 2 heteroatoms. The molecule has 14 heavy (non-hydrogen) atoms. The Morgan fingerprint density at radius 3 is 2.86 bits per heavy atom. The Morgan fingerprint density at radius 1 is 1.14 bits per heavy atom. The first kappa shape index (κ1) is 9.17. The number of rotatable bonds is 1. The highest BCUT2D eigenvalue weighted by Gasteiger charge is 2.43. The zero-order valence-electron chi connectivity index (χ0n) is 9.21. The van der Waals surface area contributed by atoms with Crippen LogP contribution >= 0.6 is 0 Å². The maximum Gasteiger partial charge on any atom is 0.0122 e. The van der Waals surface area contributed by atoms with Gasteiger partial charge in [0.15, 0.2) is 0 Å². The van der Waals surface area contributed by atoms with Crippen molar-refractivity contribution in [2.24, 2.45) is 11.8 Å². The summed E-state index contributed by atoms with van der Waals surface area (Å²) in [4.78, 5) is 2.78. The van der Waals surface area contributed by atoms with Crippen molar-refractivity contribution in [1.29, 1.82) is 0 Å². The van der Waals surface area contributed by atoms with Crippen molar-refractivity contribution >= 4 is 0 Å². The van der Waals surface area contributed by atoms with E-state index < -0.39 is 0 Å². The third-order valence-electron chi connectivity index (χ3n) is 4.44. The van der Waals surface area contributed by atoms with Crippen LogP contribution in [0.3, 0.4) is 0 Å². The van der Waals surface area contributed by atoms with E-state index in [0.717, 1.165) is 23.9 Å². The van der Waals surface area contributed by atoms with Gasteiger partial charge >= 0.3 is 0 Å². The summed E-state index contributed by atoms with van der Waals surface area (Å²) < 4.78 is 0. The van der Waals surface area contributed by atoms with Gasteiger partial charge < -0.3 is 5.32 Å². The largest absolute Gasteiger partial charge is 0.314 e. The molecule has 1 N–H and O–H groups in total. The van der Waals surface area contributed by atoms with Crippen molar-refractivity contribution in [3.63, 3.8) is 0 Å². The quantitative estimate of drug-likeness (QED) is 0.680. The number of hydrogen-bond donors (Lipinski definition) is 1. The van der Waals surface area contributed by atoms with Crippen LogP contribution in [0, 0.1) is 11.8 Å². The van der Waals surface area contributed by atoms with Crippen LogP contribution in [-0.2, 0) is 0 Å². The van der Waals surface area contributed by atoms with E-state index in [4.69, 9.17) is 0 Å². The van der Waals surface area contributed by atoms with Gasteiger partial charge in [0.1, 0.15) is 0 Å². The SMILES string of the molecule is CC1CC(N2CCC3CC3C2)CCN1. The molecule has 2 aliphatic heterocycles. The minimum Gasteiger partial charge on any atom is -0.314 e. The van der Waals surface area contributed by atoms with Gasteiger partial charge in [0.25, 0.3) is 0 Å². The Hall–Kier alpha value is -0.0800. The van der Waals surface area contributed by atoms with Crippen LogP contribution in [0.25, 0.3) is 0 Å². The first-order valence-electron chi connectivity index (χ1n) is 6.30. The Labute approximate surface area is 87.0 Å². The van der Waals surface area contributed by atoms with E-state index in [9.17, 15) is 0 Å². The molecule has 1 saturated carbocycles. The van der Waals surface area contributed by atoms with Gasteiger partial charge in [0.05, 0.1) is 0 Å². The molecule has 3 aliphatic rings. The van der Waals surface area contributed by atoms with E-state index in [1.165, 1.54) is 45.3 Å². The van der Waals surface area contributed by atoms with Gasteiger partial charge in [0, 0.05) is 18.6 Å². The monoisotopic (exact) mass is 194 g/mol. The lowest BCUT2D eigenvalue weighted by Crippen LogP contribution is -2.48. The van der Waals surface area contributed by atoms with Gasteiger partial charge in [-0.25, -0.2) is 0 Å². The van der Waals surface area contributed by atoms with E-state index in [2.05, 4.69) is 17.1 Å². The van der Waals surface area contributed by atoms with Gasteiger partial charge in [-0.05, 0) is 57.5 Å². The minimum absolute atomic E-state index is 0.741. The average molecular weight is 194 g/mol. The summed E-state index contributed by atoms with van der Waals surface area (Å²) in [5.74, 6) is 2.22. The van der Waals surface area contributed by atoms with Gasteiger partial charge in [-0.2, -0.15) is 0 Å². The summed E-state index contributed by atoms with van der Waals surface area (Å²) in [6.45, 7) is 6.37. The molecule has 0 bridgehead atoms. The molecular formula is C12H22N2. The van der Waals surface area contributed by atoms with Crippen molar-refractivity contribution in [3.05, 3.63) is 0 Å². The summed E-state index contributed by atoms with van der Waals surface area (Å²) in [6.07, 6.45) is 5.78. The molecular weight excluding hydrogens is 172 g/mol. The first-order valence-corrected chi connectivity index (χ1v) is 6.30. The zero-order valence-corrected chi connectivity index (χ0v) is 9.21. The van der Waals surface area contributed by atoms with Crippen molar-refractivity contribution < 1.29 is 0 Å². The maximum atomic E-state index is 3.55. The maximum absolute atomic E-state index is 3.55. The third-order valence-corrected chi connectivity index (χ3v) is 4.44. The lowest BCUT2D eigenvalue weighted by molar-refractivity contribution is 0.118. The second-order valence-electron chi connectivity index (χ2n) is 5.57. The normalized spacial score (nSPS) is 48.6. The minimum atomic E-state index is 0.741. The summed E-state index contributed by atoms with van der Waals surface area (Å²) >= 11 is 0. The van der Waals surface area contributed by atoms with Crippen molar-refractivity contribution in [2.45, 2.75) is 44.7 Å². The van der Waals surface area contributed by atoms with Gasteiger partial charge in [-0.15, -0.1) is 0 Å². The number of nitrogens with one attached hydrogen (secondary N) is 1. The smallest absolute Gasteiger partial charge is 0.0122 e. The highest BCUT2D eigenvalue weighted by atomic mass is 15.2. The average Bonchev–Trinajstić information content (AvgIpc) is 2.95. The number of piperidine rings is 2. The molecule has 4 unspecified atom stereocenters. The highest BCUT2D eigenvalue weighted by molar-refractivity contribution is 4.95. The van der Waals surface area contributed by atoms with Crippen LogP contribution in [0.4, 0.5) is 0 Å². The molecule has 80 valence electrons. The molecule has 3 fully saturated rings. The molecule has 0 aromatic heterocycles. The number of nitrogens with zero attached hydrogens (tertiary/aromatic N) is 1. The van der Waals surface area contributed by atoms with E-state index in [1.54, 1.807) is 0 Å². The molecule has 3 rings (SSSR count). The van der Waals surface area contributed by atoms with Gasteiger partial charge in [0.2, 0.25) is 0 Å². The molecule has 0 amide bonds. The summed E-state index contributed by atoms with van der Waals surface area (Å²) in [7, 11) is 0. The van der Waals surface area contributed by atoms with Crippen molar-refractivity contribution in [2.75, 3.05) is 19.6 Å². The molecule has 0 aromatic carbocycles. The van der Waals surface area contributed by atoms with Crippen molar-refractivity contribution in [3.8, 4) is 0 Å². The second-order valence-corrected chi connectivity index (χ2v) is 5.57. The Morgan fingerprint density at radius 2 is 2.07 bits per heavy atom. The van der Waals surface area contributed by atoms with Gasteiger partial charge in [-0.3, -0.25) is 4.90 Å². The molecule has 0 aromatic rings. The molecule has 0 spiro atoms. The standard InChI is InChI=1S/C12H22N2/c1-9-6-12(2-4-13-9)14-5-3-10-7-11(10)8-14/h9-13H,2-8H2,1H3. The highest BCUT2D eigenvalue weighted by Crippen LogP contribution is 2.45. The van der Waals surface area contributed by atoms with Crippen LogP contribution in [0.5, 0.6) is 0 Å². The van der Waals surface area contributed by atoms with Crippen molar-refractivity contribution in [1.82, 2.24) is 10.2 Å². The predicted octanol–water partition coefficient (Wildman–Crippen LogP) is 1.47. The first-order chi connectivity index (χ1) is 6.83. The van der Waals surface area contributed by atoms with Crippen LogP contribution in [0.15, 0.2) is 0 Å². The molecule has 1 aliphatic carbocycles. The summed E-state index contributed by atoms with van der Waals surface area (Å²) in [6, 6.07) is 1.64. The fraction of sp³-hybridized carbons (Fsp3) is 1.00. The summed E-state index contributed by atoms with van der Waals surface area (Å²) in [5.41, 5.74) is 0. The van der Waals surface area contributed by atoms with E-state index in [0.29, 0.717) is 0 Å². The van der Waals surface area contributed by atoms with E-state index >= 15 is 0 Å². The van der Waals surface area contributed by atoms with Crippen LogP contribution in [-0.4, -0.2) is 36.6 Å². The fourth-order valence-corrected chi connectivity index (χ4v) is 3.38. The van der Waals surface area contributed by atoms with E-state index in [-0.39, 0.29) is 0 Å². The molecule has 2 saturated heterocycles. The predicted molar refractivity (Wildman–Crippen MR) is 58.3 cm³/mol. The lowest BCUT2D eigenvalue weighted by atomic mass is 9.97. The van der Waals surface area contributed by atoms with E-state index in [1.807, 2.05) is 0 Å². The molecule has 2 heterocycles. The Bertz CT molecular complexity index is 212. The third kappa shape index (κ3) is 1.70. The summed E-state index contributed by atoms with van der Waals surface area (Å²) in [5, 5.41) is 3.55. The molecule has 4 atom stereocenters. The second kappa shape index (κ2) is 3.49. The van der Waals surface area contributed by atoms with Crippen LogP contribution in [0.1, 0.15) is 32.6 Å². The Balaban J connectivity index is 1.58. The number of fused-ring (bicyclic) bond motifs is 1. The number of hydrogen-bond acceptors (Lipinski definition) is 2. The van der Waals surface area contributed by atoms with Crippen LogP contribution < -0.4 is 5.32 Å². The number of likely N-dealkylation sites (tertiary alicyclic amines) is 1. The van der Waals surface area contributed by atoms with Gasteiger partial charge in [-0.1, -0.05) is 0 Å². The zero-order chi connectivity index (χ0) is 9.54. The lowest BCUT2D eigenvalue weighted by Gasteiger charge is -2.39. The fourth-order valence-electron chi connectivity index (χ4n) is 3.38. The Kier molecular flexibility index (Phi) is 2.29.